The smallest absolute Gasteiger partial charge is 0.307 e. The van der Waals surface area contributed by atoms with Crippen molar-refractivity contribution >= 4 is 11.9 Å². The highest BCUT2D eigenvalue weighted by atomic mass is 16.4. The lowest BCUT2D eigenvalue weighted by Crippen LogP contribution is -2.40. The lowest BCUT2D eigenvalue weighted by molar-refractivity contribution is -0.139. The Morgan fingerprint density at radius 2 is 2.00 bits per heavy atom. The first-order valence-corrected chi connectivity index (χ1v) is 6.89. The number of rotatable bonds is 2. The van der Waals surface area contributed by atoms with Crippen LogP contribution in [-0.2, 0) is 4.79 Å². The van der Waals surface area contributed by atoms with Crippen LogP contribution >= 0.6 is 0 Å². The molecular formula is C14H18N2O4. The van der Waals surface area contributed by atoms with Crippen LogP contribution in [0.15, 0.2) is 4.42 Å². The van der Waals surface area contributed by atoms with E-state index in [4.69, 9.17) is 9.52 Å². The number of aromatic nitrogens is 1. The number of oxazole rings is 1. The largest absolute Gasteiger partial charge is 0.481 e. The summed E-state index contributed by atoms with van der Waals surface area (Å²) in [6.45, 7) is 4.68. The van der Waals surface area contributed by atoms with Gasteiger partial charge < -0.3 is 14.4 Å². The maximum absolute atomic E-state index is 12.4. The third-order valence-electron chi connectivity index (χ3n) is 4.63. The fourth-order valence-corrected chi connectivity index (χ4v) is 3.28. The van der Waals surface area contributed by atoms with Crippen molar-refractivity contribution < 1.29 is 19.1 Å². The van der Waals surface area contributed by atoms with E-state index in [0.29, 0.717) is 30.4 Å². The molecule has 1 atom stereocenters. The number of aliphatic carboxylic acids is 1. The summed E-state index contributed by atoms with van der Waals surface area (Å²) in [4.78, 5) is 29.2. The lowest BCUT2D eigenvalue weighted by Gasteiger charge is -2.32. The zero-order valence-corrected chi connectivity index (χ0v) is 11.7. The third-order valence-corrected chi connectivity index (χ3v) is 4.63. The molecule has 6 nitrogen and oxygen atoms in total. The van der Waals surface area contributed by atoms with Crippen LogP contribution in [0.4, 0.5) is 0 Å². The number of carboxylic acid groups (broad SMARTS) is 1. The second-order valence-electron chi connectivity index (χ2n) is 5.90. The highest BCUT2D eigenvalue weighted by Crippen LogP contribution is 2.59. The first-order chi connectivity index (χ1) is 9.43. The number of aryl methyl sites for hydroxylation is 2. The van der Waals surface area contributed by atoms with Gasteiger partial charge in [-0.15, -0.1) is 0 Å². The van der Waals surface area contributed by atoms with Gasteiger partial charge in [0.05, 0.1) is 11.6 Å². The van der Waals surface area contributed by atoms with Gasteiger partial charge in [0.25, 0.3) is 5.91 Å². The van der Waals surface area contributed by atoms with Gasteiger partial charge in [0.2, 0.25) is 5.76 Å². The molecule has 6 heteroatoms. The molecule has 1 spiro atoms. The molecule has 0 aromatic carbocycles. The van der Waals surface area contributed by atoms with E-state index in [-0.39, 0.29) is 17.2 Å². The van der Waals surface area contributed by atoms with E-state index in [0.717, 1.165) is 19.3 Å². The molecule has 3 rings (SSSR count). The molecule has 0 bridgehead atoms. The van der Waals surface area contributed by atoms with Crippen LogP contribution in [0.3, 0.4) is 0 Å². The Kier molecular flexibility index (Phi) is 2.84. The molecule has 1 aliphatic carbocycles. The zero-order chi connectivity index (χ0) is 14.5. The van der Waals surface area contributed by atoms with Crippen molar-refractivity contribution in [2.45, 2.75) is 33.1 Å². The highest BCUT2D eigenvalue weighted by Gasteiger charge is 2.59. The van der Waals surface area contributed by atoms with Gasteiger partial charge >= 0.3 is 5.97 Å². The van der Waals surface area contributed by atoms with Crippen molar-refractivity contribution in [3.63, 3.8) is 0 Å². The number of carboxylic acids is 1. The molecule has 1 N–H and O–H groups in total. The Hall–Kier alpha value is -1.85. The zero-order valence-electron chi connectivity index (χ0n) is 11.7. The van der Waals surface area contributed by atoms with E-state index in [9.17, 15) is 9.59 Å². The van der Waals surface area contributed by atoms with E-state index >= 15 is 0 Å². The van der Waals surface area contributed by atoms with Crippen molar-refractivity contribution in [1.82, 2.24) is 9.88 Å². The Morgan fingerprint density at radius 3 is 2.45 bits per heavy atom. The summed E-state index contributed by atoms with van der Waals surface area (Å²) in [6.07, 6.45) is 2.29. The quantitative estimate of drug-likeness (QED) is 0.888. The predicted octanol–water partition coefficient (Wildman–Crippen LogP) is 1.62. The summed E-state index contributed by atoms with van der Waals surface area (Å²) in [6, 6.07) is 0. The van der Waals surface area contributed by atoms with Crippen molar-refractivity contribution in [3.8, 4) is 0 Å². The summed E-state index contributed by atoms with van der Waals surface area (Å²) in [5.74, 6) is -0.248. The van der Waals surface area contributed by atoms with Crippen LogP contribution in [0, 0.1) is 25.2 Å². The SMILES string of the molecule is Cc1nc(C)c(C(=O)N2CCC3(CC2)CC3C(=O)O)o1. The second-order valence-corrected chi connectivity index (χ2v) is 5.90. The number of carbonyl (C=O) groups excluding carboxylic acids is 1. The minimum absolute atomic E-state index is 0.0605. The topological polar surface area (TPSA) is 83.6 Å². The van der Waals surface area contributed by atoms with Crippen LogP contribution in [0.25, 0.3) is 0 Å². The minimum atomic E-state index is -0.702. The number of hydrogen-bond donors (Lipinski definition) is 1. The maximum atomic E-state index is 12.4. The molecular weight excluding hydrogens is 260 g/mol. The monoisotopic (exact) mass is 278 g/mol. The number of nitrogens with zero attached hydrogens (tertiary/aromatic N) is 2. The molecule has 2 aliphatic rings. The Bertz CT molecular complexity index is 570. The summed E-state index contributed by atoms with van der Waals surface area (Å²) < 4.78 is 5.36. The molecule has 0 radical (unpaired) electrons. The summed E-state index contributed by atoms with van der Waals surface area (Å²) >= 11 is 0. The Morgan fingerprint density at radius 1 is 1.35 bits per heavy atom. The van der Waals surface area contributed by atoms with Gasteiger partial charge in [0.1, 0.15) is 0 Å². The molecule has 1 aliphatic heterocycles. The molecule has 20 heavy (non-hydrogen) atoms. The number of amides is 1. The fourth-order valence-electron chi connectivity index (χ4n) is 3.28. The molecule has 108 valence electrons. The van der Waals surface area contributed by atoms with Gasteiger partial charge in [-0.1, -0.05) is 0 Å². The van der Waals surface area contributed by atoms with Crippen LogP contribution in [-0.4, -0.2) is 40.0 Å². The number of likely N-dealkylation sites (tertiary alicyclic amines) is 1. The normalized spacial score (nSPS) is 23.9. The van der Waals surface area contributed by atoms with Crippen LogP contribution in [0.1, 0.15) is 41.4 Å². The predicted molar refractivity (Wildman–Crippen MR) is 69.3 cm³/mol. The van der Waals surface area contributed by atoms with E-state index in [1.807, 2.05) is 0 Å². The second kappa shape index (κ2) is 4.33. The van der Waals surface area contributed by atoms with E-state index < -0.39 is 5.97 Å². The van der Waals surface area contributed by atoms with Crippen LogP contribution in [0.2, 0.25) is 0 Å². The average molecular weight is 278 g/mol. The first-order valence-electron chi connectivity index (χ1n) is 6.89. The molecule has 1 amide bonds. The number of piperidine rings is 1. The van der Waals surface area contributed by atoms with Gasteiger partial charge in [0, 0.05) is 20.0 Å². The standard InChI is InChI=1S/C14H18N2O4/c1-8-11(20-9(2)15-8)12(17)16-5-3-14(4-6-16)7-10(14)13(18)19/h10H,3-7H2,1-2H3,(H,18,19). The lowest BCUT2D eigenvalue weighted by atomic mass is 9.90. The molecule has 2 fully saturated rings. The Balaban J connectivity index is 1.66. The summed E-state index contributed by atoms with van der Waals surface area (Å²) in [5, 5.41) is 9.06. The Labute approximate surface area is 116 Å². The average Bonchev–Trinajstić information content (AvgIpc) is 2.99. The molecule has 1 aromatic rings. The van der Waals surface area contributed by atoms with Crippen molar-refractivity contribution in [3.05, 3.63) is 17.3 Å². The summed E-state index contributed by atoms with van der Waals surface area (Å²) in [7, 11) is 0. The highest BCUT2D eigenvalue weighted by molar-refractivity contribution is 5.92. The fraction of sp³-hybridized carbons (Fsp3) is 0.643. The van der Waals surface area contributed by atoms with Crippen molar-refractivity contribution in [2.24, 2.45) is 11.3 Å². The molecule has 1 aromatic heterocycles. The van der Waals surface area contributed by atoms with E-state index in [1.165, 1.54) is 0 Å². The molecule has 1 unspecified atom stereocenters. The summed E-state index contributed by atoms with van der Waals surface area (Å²) in [5.41, 5.74) is 0.553. The van der Waals surface area contributed by atoms with Crippen molar-refractivity contribution in [2.75, 3.05) is 13.1 Å². The number of carbonyl (C=O) groups is 2. The molecule has 1 saturated carbocycles. The van der Waals surface area contributed by atoms with Gasteiger partial charge in [-0.3, -0.25) is 9.59 Å². The third kappa shape index (κ3) is 1.99. The first kappa shape index (κ1) is 13.1. The minimum Gasteiger partial charge on any atom is -0.481 e. The van der Waals surface area contributed by atoms with Gasteiger partial charge in [-0.2, -0.15) is 0 Å². The van der Waals surface area contributed by atoms with Crippen LogP contribution in [0.5, 0.6) is 0 Å². The maximum Gasteiger partial charge on any atom is 0.307 e. The van der Waals surface area contributed by atoms with Crippen molar-refractivity contribution in [1.29, 1.82) is 0 Å². The molecule has 1 saturated heterocycles. The van der Waals surface area contributed by atoms with Gasteiger partial charge in [-0.25, -0.2) is 4.98 Å². The molecule has 2 heterocycles. The van der Waals surface area contributed by atoms with E-state index in [1.54, 1.807) is 18.7 Å². The van der Waals surface area contributed by atoms with E-state index in [2.05, 4.69) is 4.98 Å². The number of hydrogen-bond acceptors (Lipinski definition) is 4. The van der Waals surface area contributed by atoms with Crippen LogP contribution < -0.4 is 0 Å². The van der Waals surface area contributed by atoms with Gasteiger partial charge in [-0.05, 0) is 31.6 Å². The van der Waals surface area contributed by atoms with Gasteiger partial charge in [0.15, 0.2) is 5.89 Å².